The van der Waals surface area contributed by atoms with Crippen LogP contribution in [0.3, 0.4) is 0 Å². The van der Waals surface area contributed by atoms with Crippen molar-refractivity contribution in [3.63, 3.8) is 0 Å². The van der Waals surface area contributed by atoms with E-state index in [1.54, 1.807) is 25.2 Å². The van der Waals surface area contributed by atoms with E-state index in [0.29, 0.717) is 12.1 Å². The summed E-state index contributed by atoms with van der Waals surface area (Å²) in [6, 6.07) is 9.54. The van der Waals surface area contributed by atoms with Gasteiger partial charge in [0, 0.05) is 23.0 Å². The van der Waals surface area contributed by atoms with Crippen LogP contribution in [0, 0.1) is 0 Å². The molecule has 0 aliphatic rings. The fourth-order valence-corrected chi connectivity index (χ4v) is 4.51. The van der Waals surface area contributed by atoms with E-state index in [0.717, 1.165) is 6.42 Å². The molecule has 2 rings (SSSR count). The minimum atomic E-state index is -3.59. The fourth-order valence-electron chi connectivity index (χ4n) is 2.51. The molecule has 1 amide bonds. The number of nitrogens with one attached hydrogen (secondary N) is 2. The molecule has 2 aromatic rings. The molecule has 1 aromatic heterocycles. The maximum Gasteiger partial charge on any atom is 0.306 e. The van der Waals surface area contributed by atoms with Crippen molar-refractivity contribution in [1.29, 1.82) is 0 Å². The molecule has 0 saturated heterocycles. The van der Waals surface area contributed by atoms with Gasteiger partial charge in [-0.05, 0) is 69.3 Å². The van der Waals surface area contributed by atoms with Crippen LogP contribution < -0.4 is 10.0 Å². The SMILES string of the molecule is CC(C)NS(=O)(=O)c1ccc(NC(=O)C(C)OC(=O)CCCc2cccs2)cc1. The minimum absolute atomic E-state index is 0.106. The Balaban J connectivity index is 1.81. The molecule has 0 saturated carbocycles. The van der Waals surface area contributed by atoms with Crippen LogP contribution in [0.15, 0.2) is 46.7 Å². The van der Waals surface area contributed by atoms with Gasteiger partial charge in [0.05, 0.1) is 4.90 Å². The first kappa shape index (κ1) is 23.1. The third-order valence-corrected chi connectivity index (χ3v) is 6.50. The van der Waals surface area contributed by atoms with Crippen molar-refractivity contribution in [1.82, 2.24) is 4.72 Å². The highest BCUT2D eigenvalue weighted by atomic mass is 32.2. The van der Waals surface area contributed by atoms with E-state index in [1.165, 1.54) is 36.1 Å². The smallest absolute Gasteiger partial charge is 0.306 e. The summed E-state index contributed by atoms with van der Waals surface area (Å²) >= 11 is 1.64. The monoisotopic (exact) mass is 438 g/mol. The van der Waals surface area contributed by atoms with Gasteiger partial charge in [0.1, 0.15) is 0 Å². The summed E-state index contributed by atoms with van der Waals surface area (Å²) in [5.74, 6) is -0.905. The number of ether oxygens (including phenoxy) is 1. The second-order valence-electron chi connectivity index (χ2n) is 6.85. The van der Waals surface area contributed by atoms with Gasteiger partial charge in [-0.1, -0.05) is 6.07 Å². The largest absolute Gasteiger partial charge is 0.453 e. The van der Waals surface area contributed by atoms with Gasteiger partial charge in [0.15, 0.2) is 6.10 Å². The zero-order chi connectivity index (χ0) is 21.4. The number of amides is 1. The molecule has 1 aromatic carbocycles. The summed E-state index contributed by atoms with van der Waals surface area (Å²) in [7, 11) is -3.59. The normalized spacial score (nSPS) is 12.6. The molecule has 9 heteroatoms. The van der Waals surface area contributed by atoms with Gasteiger partial charge < -0.3 is 10.1 Å². The molecule has 0 aliphatic carbocycles. The average molecular weight is 439 g/mol. The molecular formula is C20H26N2O5S2. The van der Waals surface area contributed by atoms with Crippen LogP contribution in [0.5, 0.6) is 0 Å². The Morgan fingerprint density at radius 3 is 2.38 bits per heavy atom. The lowest BCUT2D eigenvalue weighted by atomic mass is 10.2. The second-order valence-corrected chi connectivity index (χ2v) is 9.60. The molecule has 1 heterocycles. The van der Waals surface area contributed by atoms with Gasteiger partial charge in [-0.15, -0.1) is 11.3 Å². The molecule has 0 aliphatic heterocycles. The first-order valence-corrected chi connectivity index (χ1v) is 11.7. The maximum atomic E-state index is 12.2. The number of rotatable bonds is 10. The van der Waals surface area contributed by atoms with Crippen LogP contribution in [0.1, 0.15) is 38.5 Å². The van der Waals surface area contributed by atoms with Gasteiger partial charge in [-0.25, -0.2) is 13.1 Å². The Labute approximate surface area is 175 Å². The van der Waals surface area contributed by atoms with Gasteiger partial charge in [-0.3, -0.25) is 9.59 Å². The molecule has 0 spiro atoms. The van der Waals surface area contributed by atoms with Crippen LogP contribution >= 0.6 is 11.3 Å². The van der Waals surface area contributed by atoms with E-state index in [9.17, 15) is 18.0 Å². The predicted molar refractivity (Wildman–Crippen MR) is 113 cm³/mol. The summed E-state index contributed by atoms with van der Waals surface area (Å²) in [4.78, 5) is 25.4. The number of hydrogen-bond donors (Lipinski definition) is 2. The molecule has 0 fully saturated rings. The van der Waals surface area contributed by atoms with E-state index in [1.807, 2.05) is 17.5 Å². The summed E-state index contributed by atoms with van der Waals surface area (Å²) in [5.41, 5.74) is 0.416. The summed E-state index contributed by atoms with van der Waals surface area (Å²) in [5, 5.41) is 4.60. The number of esters is 1. The van der Waals surface area contributed by atoms with Gasteiger partial charge >= 0.3 is 5.97 Å². The van der Waals surface area contributed by atoms with E-state index in [-0.39, 0.29) is 17.4 Å². The number of aryl methyl sites for hydroxylation is 1. The quantitative estimate of drug-likeness (QED) is 0.554. The zero-order valence-corrected chi connectivity index (χ0v) is 18.3. The number of carbonyl (C=O) groups is 2. The van der Waals surface area contributed by atoms with Crippen LogP contribution in [-0.2, 0) is 30.8 Å². The van der Waals surface area contributed by atoms with Crippen LogP contribution in [0.2, 0.25) is 0 Å². The third-order valence-electron chi connectivity index (χ3n) is 3.88. The number of carbonyl (C=O) groups excluding carboxylic acids is 2. The van der Waals surface area contributed by atoms with E-state index >= 15 is 0 Å². The first-order valence-electron chi connectivity index (χ1n) is 9.32. The average Bonchev–Trinajstić information content (AvgIpc) is 3.14. The Hall–Kier alpha value is -2.23. The van der Waals surface area contributed by atoms with Crippen molar-refractivity contribution < 1.29 is 22.7 Å². The Morgan fingerprint density at radius 1 is 1.10 bits per heavy atom. The van der Waals surface area contributed by atoms with Crippen molar-refractivity contribution in [2.45, 2.75) is 57.1 Å². The standard InChI is InChI=1S/C20H26N2O5S2/c1-14(2)22-29(25,26)18-11-9-16(10-12-18)21-20(24)15(3)27-19(23)8-4-6-17-7-5-13-28-17/h5,7,9-15,22H,4,6,8H2,1-3H3,(H,21,24). The first-order chi connectivity index (χ1) is 13.7. The van der Waals surface area contributed by atoms with Crippen LogP contribution in [0.25, 0.3) is 0 Å². The maximum absolute atomic E-state index is 12.2. The highest BCUT2D eigenvalue weighted by Crippen LogP contribution is 2.16. The highest BCUT2D eigenvalue weighted by molar-refractivity contribution is 7.89. The molecule has 1 atom stereocenters. The molecule has 1 unspecified atom stereocenters. The zero-order valence-electron chi connectivity index (χ0n) is 16.7. The second kappa shape index (κ2) is 10.5. The molecule has 0 radical (unpaired) electrons. The third kappa shape index (κ3) is 7.60. The van der Waals surface area contributed by atoms with Crippen molar-refractivity contribution in [2.75, 3.05) is 5.32 Å². The molecular weight excluding hydrogens is 412 g/mol. The number of sulfonamides is 1. The van der Waals surface area contributed by atoms with E-state index in [2.05, 4.69) is 10.0 Å². The van der Waals surface area contributed by atoms with E-state index in [4.69, 9.17) is 4.74 Å². The van der Waals surface area contributed by atoms with Crippen molar-refractivity contribution in [2.24, 2.45) is 0 Å². The van der Waals surface area contributed by atoms with Crippen LogP contribution in [0.4, 0.5) is 5.69 Å². The van der Waals surface area contributed by atoms with Gasteiger partial charge in [-0.2, -0.15) is 0 Å². The molecule has 7 nitrogen and oxygen atoms in total. The van der Waals surface area contributed by atoms with Crippen molar-refractivity contribution in [3.8, 4) is 0 Å². The van der Waals surface area contributed by atoms with Crippen LogP contribution in [-0.4, -0.2) is 32.4 Å². The summed E-state index contributed by atoms with van der Waals surface area (Å²) in [6.45, 7) is 4.96. The molecule has 29 heavy (non-hydrogen) atoms. The fraction of sp³-hybridized carbons (Fsp3) is 0.400. The number of anilines is 1. The van der Waals surface area contributed by atoms with E-state index < -0.39 is 28.0 Å². The molecule has 158 valence electrons. The number of hydrogen-bond acceptors (Lipinski definition) is 6. The lowest BCUT2D eigenvalue weighted by molar-refractivity contribution is -0.153. The minimum Gasteiger partial charge on any atom is -0.453 e. The number of benzene rings is 1. The predicted octanol–water partition coefficient (Wildman–Crippen LogP) is 3.33. The Morgan fingerprint density at radius 2 is 1.79 bits per heavy atom. The Bertz CT molecular complexity index is 907. The Kier molecular flexibility index (Phi) is 8.36. The van der Waals surface area contributed by atoms with Crippen molar-refractivity contribution in [3.05, 3.63) is 46.7 Å². The number of thiophene rings is 1. The molecule has 2 N–H and O–H groups in total. The topological polar surface area (TPSA) is 102 Å². The molecule has 0 bridgehead atoms. The summed E-state index contributed by atoms with van der Waals surface area (Å²) in [6.07, 6.45) is 0.753. The highest BCUT2D eigenvalue weighted by Gasteiger charge is 2.19. The van der Waals surface area contributed by atoms with Gasteiger partial charge in [0.2, 0.25) is 10.0 Å². The lowest BCUT2D eigenvalue weighted by Gasteiger charge is -2.14. The lowest BCUT2D eigenvalue weighted by Crippen LogP contribution is -2.30. The van der Waals surface area contributed by atoms with Crippen molar-refractivity contribution >= 4 is 38.9 Å². The van der Waals surface area contributed by atoms with Gasteiger partial charge in [0.25, 0.3) is 5.91 Å². The summed E-state index contributed by atoms with van der Waals surface area (Å²) < 4.78 is 31.9.